The molecule has 56 heavy (non-hydrogen) atoms. The number of fused-ring (bicyclic) bond motifs is 4. The van der Waals surface area contributed by atoms with Crippen molar-refractivity contribution in [2.45, 2.75) is 98.7 Å². The lowest BCUT2D eigenvalue weighted by molar-refractivity contribution is 0.224. The smallest absolute Gasteiger partial charge is 0.149 e. The first-order valence-electron chi connectivity index (χ1n) is 22.4. The predicted molar refractivity (Wildman–Crippen MR) is 237 cm³/mol. The number of para-hydroxylation sites is 1. The molecule has 0 aliphatic heterocycles. The van der Waals surface area contributed by atoms with Crippen molar-refractivity contribution in [3.63, 3.8) is 0 Å². The quantitative estimate of drug-likeness (QED) is 0.163. The fourth-order valence-electron chi connectivity index (χ4n) is 8.96. The number of furan rings is 1. The molecule has 0 amide bonds. The van der Waals surface area contributed by atoms with Crippen LogP contribution in [-0.4, -0.2) is 9.55 Å². The summed E-state index contributed by atoms with van der Waals surface area (Å²) in [4.78, 5) is 5.39. The summed E-state index contributed by atoms with van der Waals surface area (Å²) in [5, 5.41) is 1.36. The minimum atomic E-state index is -2.36. The summed E-state index contributed by atoms with van der Waals surface area (Å²) >= 11 is 0. The molecular formula is C53H54N2O. The van der Waals surface area contributed by atoms with Crippen molar-refractivity contribution >= 4 is 33.0 Å². The predicted octanol–water partition coefficient (Wildman–Crippen LogP) is 15.5. The number of aryl methyl sites for hydroxylation is 2. The Hall–Kier alpha value is -5.41. The van der Waals surface area contributed by atoms with E-state index in [0.717, 1.165) is 86.7 Å². The van der Waals surface area contributed by atoms with Gasteiger partial charge in [-0.15, -0.1) is 0 Å². The summed E-state index contributed by atoms with van der Waals surface area (Å²) in [6, 6.07) is 39.6. The van der Waals surface area contributed by atoms with Crippen LogP contribution < -0.4 is 0 Å². The van der Waals surface area contributed by atoms with E-state index in [1.54, 1.807) is 6.07 Å². The summed E-state index contributed by atoms with van der Waals surface area (Å²) < 4.78 is 44.4. The molecule has 3 heteroatoms. The van der Waals surface area contributed by atoms with Crippen LogP contribution in [-0.2, 0) is 0 Å². The molecule has 0 bridgehead atoms. The molecule has 2 aromatic heterocycles. The van der Waals surface area contributed by atoms with Gasteiger partial charge in [0, 0.05) is 16.3 Å². The van der Waals surface area contributed by atoms with Gasteiger partial charge in [-0.1, -0.05) is 120 Å². The maximum atomic E-state index is 9.40. The van der Waals surface area contributed by atoms with Gasteiger partial charge in [0.05, 0.1) is 22.3 Å². The Bertz CT molecular complexity index is 2870. The van der Waals surface area contributed by atoms with Crippen molar-refractivity contribution in [3.05, 3.63) is 143 Å². The van der Waals surface area contributed by atoms with Crippen LogP contribution in [0.4, 0.5) is 0 Å². The van der Waals surface area contributed by atoms with Crippen molar-refractivity contribution in [3.8, 4) is 39.3 Å². The van der Waals surface area contributed by atoms with Gasteiger partial charge >= 0.3 is 0 Å². The molecule has 1 saturated carbocycles. The monoisotopic (exact) mass is 738 g/mol. The molecule has 6 aromatic carbocycles. The van der Waals surface area contributed by atoms with Crippen LogP contribution in [0.15, 0.2) is 120 Å². The van der Waals surface area contributed by atoms with Crippen molar-refractivity contribution in [1.29, 1.82) is 0 Å². The number of aromatic nitrogens is 2. The van der Waals surface area contributed by atoms with Crippen LogP contribution in [0.1, 0.15) is 118 Å². The lowest BCUT2D eigenvalue weighted by Crippen LogP contribution is -2.20. The molecule has 0 radical (unpaired) electrons. The average Bonchev–Trinajstić information content (AvgIpc) is 3.81. The molecule has 0 N–H and O–H groups in total. The SMILES string of the molecule is [2H]C([2H])([2H])c1ccc(-c2nc3cccc(C)c3n2-c2c(C(C)C)cc(-c3ccc(C4([2H])CCC(C)(C)CC4)cc3)cc2C(C)C)c2oc3cc(-c4ccccc4)ccc3c12. The fraction of sp³-hybridized carbons (Fsp3) is 0.302. The van der Waals surface area contributed by atoms with Gasteiger partial charge in [-0.3, -0.25) is 4.57 Å². The second kappa shape index (κ2) is 14.0. The lowest BCUT2D eigenvalue weighted by atomic mass is 9.71. The van der Waals surface area contributed by atoms with Crippen LogP contribution in [0, 0.1) is 19.2 Å². The molecule has 1 fully saturated rings. The molecule has 282 valence electrons. The molecule has 1 aliphatic carbocycles. The van der Waals surface area contributed by atoms with E-state index in [2.05, 4.69) is 114 Å². The van der Waals surface area contributed by atoms with Crippen molar-refractivity contribution in [1.82, 2.24) is 9.55 Å². The highest BCUT2D eigenvalue weighted by Crippen LogP contribution is 2.46. The van der Waals surface area contributed by atoms with E-state index in [9.17, 15) is 1.37 Å². The van der Waals surface area contributed by atoms with Gasteiger partial charge in [0.1, 0.15) is 17.0 Å². The largest absolute Gasteiger partial charge is 0.455 e. The van der Waals surface area contributed by atoms with E-state index < -0.39 is 12.7 Å². The van der Waals surface area contributed by atoms with E-state index >= 15 is 0 Å². The van der Waals surface area contributed by atoms with Gasteiger partial charge in [-0.2, -0.15) is 0 Å². The van der Waals surface area contributed by atoms with Crippen LogP contribution in [0.3, 0.4) is 0 Å². The maximum absolute atomic E-state index is 9.40. The molecule has 2 heterocycles. The zero-order chi connectivity index (χ0) is 42.3. The first kappa shape index (κ1) is 31.8. The van der Waals surface area contributed by atoms with Crippen LogP contribution in [0.2, 0.25) is 0 Å². The molecule has 0 saturated heterocycles. The zero-order valence-electron chi connectivity index (χ0n) is 37.8. The van der Waals surface area contributed by atoms with Crippen molar-refractivity contribution in [2.75, 3.05) is 0 Å². The molecule has 1 aliphatic rings. The highest BCUT2D eigenvalue weighted by atomic mass is 16.3. The standard InChI is InChI=1S/C53H54N2O/c1-32(2)44-29-41(38-20-18-37(19-21-38)39-25-27-53(7,8)28-26-39)30-45(33(3)4)50(44)55-49-35(6)13-12-16-46(49)54-52(55)43-23-17-34(5)48-42-24-22-40(31-47(42)56-51(43)48)36-14-10-9-11-15-36/h9-24,29-33,39H,25-28H2,1-8H3/i5D3,39D. The normalized spacial score (nSPS) is 16.7. The Morgan fingerprint density at radius 1 is 0.732 bits per heavy atom. The molecule has 9 rings (SSSR count). The van der Waals surface area contributed by atoms with E-state index in [1.165, 1.54) is 11.1 Å². The first-order valence-corrected chi connectivity index (χ1v) is 20.4. The third kappa shape index (κ3) is 6.26. The van der Waals surface area contributed by atoms with Gasteiger partial charge in [0.2, 0.25) is 0 Å². The van der Waals surface area contributed by atoms with E-state index in [0.29, 0.717) is 27.8 Å². The van der Waals surface area contributed by atoms with E-state index in [4.69, 9.17) is 13.5 Å². The summed E-state index contributed by atoms with van der Waals surface area (Å²) in [5.41, 5.74) is 14.4. The number of hydrogen-bond acceptors (Lipinski definition) is 2. The number of hydrogen-bond donors (Lipinski definition) is 0. The Morgan fingerprint density at radius 3 is 2.09 bits per heavy atom. The van der Waals surface area contributed by atoms with Gasteiger partial charge in [0.15, 0.2) is 0 Å². The Balaban J connectivity index is 1.27. The summed E-state index contributed by atoms with van der Waals surface area (Å²) in [7, 11) is 0. The number of benzene rings is 6. The maximum Gasteiger partial charge on any atom is 0.149 e. The Labute approximate surface area is 338 Å². The Morgan fingerprint density at radius 2 is 1.41 bits per heavy atom. The molecule has 0 spiro atoms. The minimum absolute atomic E-state index is 0.161. The highest BCUT2D eigenvalue weighted by Gasteiger charge is 2.29. The highest BCUT2D eigenvalue weighted by molar-refractivity contribution is 6.12. The zero-order valence-corrected chi connectivity index (χ0v) is 33.8. The molecule has 8 aromatic rings. The first-order chi connectivity index (χ1) is 28.5. The second-order valence-corrected chi connectivity index (χ2v) is 17.4. The second-order valence-electron chi connectivity index (χ2n) is 17.4. The van der Waals surface area contributed by atoms with E-state index in [-0.39, 0.29) is 17.4 Å². The lowest BCUT2D eigenvalue weighted by Gasteiger charge is -2.34. The molecule has 0 atom stereocenters. The fourth-order valence-corrected chi connectivity index (χ4v) is 8.96. The summed E-state index contributed by atoms with van der Waals surface area (Å²) in [5.74, 6) is 0.487. The molecule has 0 unspecified atom stereocenters. The number of nitrogens with zero attached hydrogens (tertiary/aromatic N) is 2. The van der Waals surface area contributed by atoms with Gasteiger partial charge in [-0.05, 0) is 149 Å². The topological polar surface area (TPSA) is 31.0 Å². The minimum Gasteiger partial charge on any atom is -0.455 e. The average molecular weight is 739 g/mol. The Kier molecular flexibility index (Phi) is 7.91. The van der Waals surface area contributed by atoms with Gasteiger partial charge < -0.3 is 4.42 Å². The molecular weight excluding hydrogens is 681 g/mol. The number of rotatable bonds is 7. The summed E-state index contributed by atoms with van der Waals surface area (Å²) in [6.07, 6.45) is 3.91. The third-order valence-corrected chi connectivity index (χ3v) is 12.3. The van der Waals surface area contributed by atoms with Crippen molar-refractivity contribution < 1.29 is 9.90 Å². The summed E-state index contributed by atoms with van der Waals surface area (Å²) in [6.45, 7) is 13.4. The molecule has 3 nitrogen and oxygen atoms in total. The number of imidazole rings is 1. The third-order valence-electron chi connectivity index (χ3n) is 12.3. The van der Waals surface area contributed by atoms with Gasteiger partial charge in [0.25, 0.3) is 0 Å². The van der Waals surface area contributed by atoms with Crippen LogP contribution in [0.5, 0.6) is 0 Å². The van der Waals surface area contributed by atoms with E-state index in [1.807, 2.05) is 48.5 Å². The van der Waals surface area contributed by atoms with Crippen LogP contribution >= 0.6 is 0 Å². The van der Waals surface area contributed by atoms with Crippen molar-refractivity contribution in [2.24, 2.45) is 5.41 Å². The van der Waals surface area contributed by atoms with Crippen LogP contribution in [0.25, 0.3) is 72.3 Å². The van der Waals surface area contributed by atoms with Gasteiger partial charge in [-0.25, -0.2) is 4.98 Å².